The van der Waals surface area contributed by atoms with Gasteiger partial charge in [0.25, 0.3) is 0 Å². The maximum atomic E-state index is 13.7. The third kappa shape index (κ3) is 2.83. The summed E-state index contributed by atoms with van der Waals surface area (Å²) in [6.45, 7) is 5.44. The number of nitrogens with zero attached hydrogens (tertiary/aromatic N) is 2. The van der Waals surface area contributed by atoms with Gasteiger partial charge in [0.2, 0.25) is 0 Å². The Labute approximate surface area is 136 Å². The predicted molar refractivity (Wildman–Crippen MR) is 85.3 cm³/mol. The van der Waals surface area contributed by atoms with Crippen molar-refractivity contribution in [3.05, 3.63) is 28.2 Å². The summed E-state index contributed by atoms with van der Waals surface area (Å²) in [6.07, 6.45) is 2.07. The van der Waals surface area contributed by atoms with Crippen molar-refractivity contribution >= 4 is 38.6 Å². The minimum atomic E-state index is -0.316. The average molecular weight is 376 g/mol. The SMILES string of the molecule is CC(Cl)c1nc2cc(F)c(Br)cc2n1CC1(C)CCCO1. The van der Waals surface area contributed by atoms with Gasteiger partial charge in [-0.25, -0.2) is 9.37 Å². The fourth-order valence-corrected chi connectivity index (χ4v) is 3.40. The van der Waals surface area contributed by atoms with Gasteiger partial charge in [-0.2, -0.15) is 0 Å². The van der Waals surface area contributed by atoms with Gasteiger partial charge in [0, 0.05) is 12.7 Å². The number of alkyl halides is 1. The fourth-order valence-electron chi connectivity index (χ4n) is 2.90. The van der Waals surface area contributed by atoms with Crippen LogP contribution in [-0.2, 0) is 11.3 Å². The molecule has 0 N–H and O–H groups in total. The van der Waals surface area contributed by atoms with Gasteiger partial charge in [-0.15, -0.1) is 11.6 Å². The molecular formula is C15H17BrClFN2O. The van der Waals surface area contributed by atoms with Crippen molar-refractivity contribution < 1.29 is 9.13 Å². The minimum Gasteiger partial charge on any atom is -0.373 e. The second-order valence-corrected chi connectivity index (χ2v) is 7.34. The first-order valence-corrected chi connectivity index (χ1v) is 8.26. The highest BCUT2D eigenvalue weighted by Gasteiger charge is 2.32. The van der Waals surface area contributed by atoms with E-state index in [1.807, 2.05) is 6.92 Å². The first kappa shape index (κ1) is 15.3. The molecule has 21 heavy (non-hydrogen) atoms. The maximum Gasteiger partial charge on any atom is 0.139 e. The molecule has 3 nitrogen and oxygen atoms in total. The topological polar surface area (TPSA) is 27.1 Å². The van der Waals surface area contributed by atoms with Crippen molar-refractivity contribution in [2.45, 2.75) is 44.2 Å². The van der Waals surface area contributed by atoms with Crippen LogP contribution in [0.1, 0.15) is 37.9 Å². The van der Waals surface area contributed by atoms with E-state index in [1.165, 1.54) is 6.07 Å². The molecule has 0 spiro atoms. The number of hydrogen-bond acceptors (Lipinski definition) is 2. The van der Waals surface area contributed by atoms with Gasteiger partial charge in [0.15, 0.2) is 0 Å². The Morgan fingerprint density at radius 3 is 2.95 bits per heavy atom. The molecule has 1 fully saturated rings. The number of imidazole rings is 1. The van der Waals surface area contributed by atoms with Crippen LogP contribution < -0.4 is 0 Å². The number of hydrogen-bond donors (Lipinski definition) is 0. The smallest absolute Gasteiger partial charge is 0.139 e. The van der Waals surface area contributed by atoms with E-state index < -0.39 is 0 Å². The molecule has 0 saturated carbocycles. The standard InChI is InChI=1S/C15H17BrClFN2O/c1-9(17)14-19-12-7-11(18)10(16)6-13(12)20(14)8-15(2)4-3-5-21-15/h6-7,9H,3-5,8H2,1-2H3. The third-order valence-corrected chi connectivity index (χ3v) is 4.77. The van der Waals surface area contributed by atoms with E-state index in [1.54, 1.807) is 6.07 Å². The Hall–Kier alpha value is -0.650. The summed E-state index contributed by atoms with van der Waals surface area (Å²) in [5.41, 5.74) is 1.29. The van der Waals surface area contributed by atoms with Crippen LogP contribution in [0.15, 0.2) is 16.6 Å². The number of fused-ring (bicyclic) bond motifs is 1. The highest BCUT2D eigenvalue weighted by molar-refractivity contribution is 9.10. The first-order chi connectivity index (χ1) is 9.89. The highest BCUT2D eigenvalue weighted by Crippen LogP contribution is 2.33. The zero-order chi connectivity index (χ0) is 15.2. The molecule has 0 bridgehead atoms. The molecule has 1 aliphatic rings. The number of benzene rings is 1. The zero-order valence-corrected chi connectivity index (χ0v) is 14.3. The van der Waals surface area contributed by atoms with Gasteiger partial charge < -0.3 is 9.30 Å². The molecule has 1 saturated heterocycles. The van der Waals surface area contributed by atoms with Crippen molar-refractivity contribution in [3.8, 4) is 0 Å². The predicted octanol–water partition coefficient (Wildman–Crippen LogP) is 4.81. The molecular weight excluding hydrogens is 359 g/mol. The number of ether oxygens (including phenoxy) is 1. The van der Waals surface area contributed by atoms with E-state index in [-0.39, 0.29) is 16.8 Å². The second kappa shape index (κ2) is 5.52. The van der Waals surface area contributed by atoms with E-state index in [0.717, 1.165) is 30.8 Å². The quantitative estimate of drug-likeness (QED) is 0.720. The van der Waals surface area contributed by atoms with Crippen LogP contribution in [0.5, 0.6) is 0 Å². The summed E-state index contributed by atoms with van der Waals surface area (Å²) < 4.78 is 22.1. The lowest BCUT2D eigenvalue weighted by atomic mass is 10.0. The van der Waals surface area contributed by atoms with Gasteiger partial charge >= 0.3 is 0 Å². The van der Waals surface area contributed by atoms with Crippen LogP contribution in [0, 0.1) is 5.82 Å². The summed E-state index contributed by atoms with van der Waals surface area (Å²) in [5.74, 6) is 0.435. The van der Waals surface area contributed by atoms with Crippen LogP contribution in [0.4, 0.5) is 4.39 Å². The van der Waals surface area contributed by atoms with E-state index in [0.29, 0.717) is 16.5 Å². The van der Waals surface area contributed by atoms with Crippen molar-refractivity contribution in [2.75, 3.05) is 6.61 Å². The molecule has 0 amide bonds. The van der Waals surface area contributed by atoms with Gasteiger partial charge in [-0.3, -0.25) is 0 Å². The minimum absolute atomic E-state index is 0.213. The Morgan fingerprint density at radius 1 is 1.57 bits per heavy atom. The average Bonchev–Trinajstić information content (AvgIpc) is 2.97. The number of halogens is 3. The lowest BCUT2D eigenvalue weighted by molar-refractivity contribution is 0.00649. The van der Waals surface area contributed by atoms with Crippen molar-refractivity contribution in [1.29, 1.82) is 0 Å². The van der Waals surface area contributed by atoms with E-state index in [4.69, 9.17) is 16.3 Å². The largest absolute Gasteiger partial charge is 0.373 e. The van der Waals surface area contributed by atoms with Crippen molar-refractivity contribution in [1.82, 2.24) is 9.55 Å². The summed E-state index contributed by atoms with van der Waals surface area (Å²) in [6, 6.07) is 3.20. The highest BCUT2D eigenvalue weighted by atomic mass is 79.9. The van der Waals surface area contributed by atoms with Crippen LogP contribution in [0.3, 0.4) is 0 Å². The van der Waals surface area contributed by atoms with Crippen molar-refractivity contribution in [2.24, 2.45) is 0 Å². The lowest BCUT2D eigenvalue weighted by Gasteiger charge is -2.25. The molecule has 0 radical (unpaired) electrons. The molecule has 6 heteroatoms. The summed E-state index contributed by atoms with van der Waals surface area (Å²) in [7, 11) is 0. The zero-order valence-electron chi connectivity index (χ0n) is 12.0. The van der Waals surface area contributed by atoms with Crippen LogP contribution in [0.2, 0.25) is 0 Å². The molecule has 1 aromatic carbocycles. The van der Waals surface area contributed by atoms with E-state index in [9.17, 15) is 4.39 Å². The lowest BCUT2D eigenvalue weighted by Crippen LogP contribution is -2.30. The fraction of sp³-hybridized carbons (Fsp3) is 0.533. The molecule has 3 rings (SSSR count). The number of aromatic nitrogens is 2. The van der Waals surface area contributed by atoms with Crippen LogP contribution >= 0.6 is 27.5 Å². The molecule has 0 aliphatic carbocycles. The number of rotatable bonds is 3. The second-order valence-electron chi connectivity index (χ2n) is 5.83. The molecule has 114 valence electrons. The molecule has 1 aromatic heterocycles. The molecule has 2 heterocycles. The summed E-state index contributed by atoms with van der Waals surface area (Å²) in [5, 5.41) is -0.246. The van der Waals surface area contributed by atoms with E-state index >= 15 is 0 Å². The maximum absolute atomic E-state index is 13.7. The van der Waals surface area contributed by atoms with Crippen LogP contribution in [0.25, 0.3) is 11.0 Å². The molecule has 2 atom stereocenters. The van der Waals surface area contributed by atoms with Gasteiger partial charge in [-0.05, 0) is 48.7 Å². The molecule has 1 aliphatic heterocycles. The van der Waals surface area contributed by atoms with Crippen LogP contribution in [-0.4, -0.2) is 21.8 Å². The van der Waals surface area contributed by atoms with Gasteiger partial charge in [0.1, 0.15) is 11.6 Å². The Balaban J connectivity index is 2.13. The Kier molecular flexibility index (Phi) is 4.01. The third-order valence-electron chi connectivity index (χ3n) is 3.97. The van der Waals surface area contributed by atoms with Crippen molar-refractivity contribution in [3.63, 3.8) is 0 Å². The molecule has 2 aromatic rings. The van der Waals surface area contributed by atoms with Gasteiger partial charge in [-0.1, -0.05) is 0 Å². The Morgan fingerprint density at radius 2 is 2.33 bits per heavy atom. The molecule has 2 unspecified atom stereocenters. The Bertz CT molecular complexity index is 680. The normalized spacial score (nSPS) is 23.9. The monoisotopic (exact) mass is 374 g/mol. The van der Waals surface area contributed by atoms with E-state index in [2.05, 4.69) is 32.4 Å². The van der Waals surface area contributed by atoms with Gasteiger partial charge in [0.05, 0.1) is 33.0 Å². The first-order valence-electron chi connectivity index (χ1n) is 7.03. The summed E-state index contributed by atoms with van der Waals surface area (Å²) >= 11 is 9.50. The summed E-state index contributed by atoms with van der Waals surface area (Å²) in [4.78, 5) is 4.50.